The van der Waals surface area contributed by atoms with Crippen LogP contribution < -0.4 is 10.1 Å². The molecule has 0 bridgehead atoms. The van der Waals surface area contributed by atoms with Crippen molar-refractivity contribution in [3.05, 3.63) is 65.5 Å². The van der Waals surface area contributed by atoms with Crippen molar-refractivity contribution in [2.75, 3.05) is 7.11 Å². The highest BCUT2D eigenvalue weighted by Crippen LogP contribution is 2.36. The van der Waals surface area contributed by atoms with Gasteiger partial charge in [-0.25, -0.2) is 9.67 Å². The maximum Gasteiger partial charge on any atom is 0.162 e. The minimum atomic E-state index is -0.578. The van der Waals surface area contributed by atoms with Crippen molar-refractivity contribution in [2.45, 2.75) is 56.8 Å². The van der Waals surface area contributed by atoms with Crippen LogP contribution in [0.3, 0.4) is 0 Å². The zero-order valence-electron chi connectivity index (χ0n) is 18.2. The van der Waals surface area contributed by atoms with Crippen molar-refractivity contribution in [2.24, 2.45) is 0 Å². The highest BCUT2D eigenvalue weighted by molar-refractivity contribution is 5.96. The molecular weight excluding hydrogens is 404 g/mol. The van der Waals surface area contributed by atoms with Crippen molar-refractivity contribution >= 4 is 5.78 Å². The van der Waals surface area contributed by atoms with Gasteiger partial charge in [0.05, 0.1) is 19.3 Å². The smallest absolute Gasteiger partial charge is 0.162 e. The largest absolute Gasteiger partial charge is 0.497 e. The van der Waals surface area contributed by atoms with E-state index in [-0.39, 0.29) is 11.8 Å². The summed E-state index contributed by atoms with van der Waals surface area (Å²) in [5.74, 6) is 1.73. The third-order valence-corrected chi connectivity index (χ3v) is 6.47. The van der Waals surface area contributed by atoms with E-state index in [1.807, 2.05) is 41.1 Å². The van der Waals surface area contributed by atoms with Crippen LogP contribution in [0.15, 0.2) is 48.8 Å². The highest BCUT2D eigenvalue weighted by Gasteiger charge is 2.28. The molecule has 7 heteroatoms. The Morgan fingerprint density at radius 2 is 2.03 bits per heavy atom. The van der Waals surface area contributed by atoms with E-state index in [0.717, 1.165) is 36.4 Å². The maximum absolute atomic E-state index is 12.7. The van der Waals surface area contributed by atoms with E-state index in [2.05, 4.69) is 21.5 Å². The SMILES string of the molecule is COc1ccc2c(c1)CN[C@H]([C@H](O)CCC(=O)c1ccc(-c3ncnn3C3CC3)cc1)C2. The van der Waals surface area contributed by atoms with Gasteiger partial charge in [-0.1, -0.05) is 30.3 Å². The van der Waals surface area contributed by atoms with Gasteiger partial charge in [-0.3, -0.25) is 4.79 Å². The van der Waals surface area contributed by atoms with Crippen LogP contribution in [-0.2, 0) is 13.0 Å². The summed E-state index contributed by atoms with van der Waals surface area (Å²) < 4.78 is 7.26. The average molecular weight is 433 g/mol. The molecular formula is C25H28N4O3. The molecule has 7 nitrogen and oxygen atoms in total. The first-order valence-corrected chi connectivity index (χ1v) is 11.2. The molecule has 2 aromatic carbocycles. The highest BCUT2D eigenvalue weighted by atomic mass is 16.5. The third kappa shape index (κ3) is 4.31. The summed E-state index contributed by atoms with van der Waals surface area (Å²) in [6.45, 7) is 0.690. The van der Waals surface area contributed by atoms with E-state index in [1.165, 1.54) is 11.1 Å². The number of aliphatic hydroxyl groups is 1. The van der Waals surface area contributed by atoms with Crippen LogP contribution in [-0.4, -0.2) is 44.9 Å². The van der Waals surface area contributed by atoms with E-state index in [4.69, 9.17) is 4.74 Å². The Balaban J connectivity index is 1.17. The summed E-state index contributed by atoms with van der Waals surface area (Å²) in [5.41, 5.74) is 4.04. The van der Waals surface area contributed by atoms with Crippen LogP contribution in [0.5, 0.6) is 5.75 Å². The quantitative estimate of drug-likeness (QED) is 0.531. The lowest BCUT2D eigenvalue weighted by Crippen LogP contribution is -2.44. The number of aromatic nitrogens is 3. The molecule has 1 aliphatic carbocycles. The van der Waals surface area contributed by atoms with E-state index < -0.39 is 6.10 Å². The van der Waals surface area contributed by atoms with Crippen molar-refractivity contribution in [3.8, 4) is 17.1 Å². The van der Waals surface area contributed by atoms with E-state index >= 15 is 0 Å². The molecule has 0 unspecified atom stereocenters. The normalized spacial score (nSPS) is 18.8. The first kappa shape index (κ1) is 20.8. The van der Waals surface area contributed by atoms with Crippen molar-refractivity contribution in [1.29, 1.82) is 0 Å². The number of carbonyl (C=O) groups excluding carboxylic acids is 1. The van der Waals surface area contributed by atoms with Gasteiger partial charge in [-0.2, -0.15) is 5.10 Å². The number of hydrogen-bond acceptors (Lipinski definition) is 6. The number of ketones is 1. The molecule has 5 rings (SSSR count). The summed E-state index contributed by atoms with van der Waals surface area (Å²) in [6, 6.07) is 14.0. The Morgan fingerprint density at radius 1 is 1.22 bits per heavy atom. The summed E-state index contributed by atoms with van der Waals surface area (Å²) in [5, 5.41) is 18.4. The van der Waals surface area contributed by atoms with Gasteiger partial charge in [0.25, 0.3) is 0 Å². The number of nitrogens with one attached hydrogen (secondary N) is 1. The zero-order valence-corrected chi connectivity index (χ0v) is 18.2. The fraction of sp³-hybridized carbons (Fsp3) is 0.400. The van der Waals surface area contributed by atoms with E-state index in [0.29, 0.717) is 31.0 Å². The Hall–Kier alpha value is -3.03. The molecule has 2 N–H and O–H groups in total. The average Bonchev–Trinajstić information content (AvgIpc) is 3.57. The topological polar surface area (TPSA) is 89.3 Å². The number of methoxy groups -OCH3 is 1. The van der Waals surface area contributed by atoms with Crippen molar-refractivity contribution in [3.63, 3.8) is 0 Å². The van der Waals surface area contributed by atoms with Gasteiger partial charge in [0.2, 0.25) is 0 Å². The Labute approximate surface area is 187 Å². The number of ether oxygens (including phenoxy) is 1. The molecule has 1 aliphatic heterocycles. The first-order valence-electron chi connectivity index (χ1n) is 11.2. The molecule has 1 saturated carbocycles. The van der Waals surface area contributed by atoms with Crippen LogP contribution in [0.4, 0.5) is 0 Å². The molecule has 1 aromatic heterocycles. The molecule has 2 atom stereocenters. The predicted octanol–water partition coefficient (Wildman–Crippen LogP) is 3.33. The summed E-state index contributed by atoms with van der Waals surface area (Å²) in [6.07, 6.45) is 4.78. The Morgan fingerprint density at radius 3 is 2.78 bits per heavy atom. The molecule has 1 fully saturated rings. The number of rotatable bonds is 8. The third-order valence-electron chi connectivity index (χ3n) is 6.47. The molecule has 32 heavy (non-hydrogen) atoms. The lowest BCUT2D eigenvalue weighted by molar-refractivity contribution is 0.0877. The molecule has 2 aliphatic rings. The monoisotopic (exact) mass is 432 g/mol. The minimum absolute atomic E-state index is 0.0419. The van der Waals surface area contributed by atoms with Crippen LogP contribution in [0, 0.1) is 0 Å². The molecule has 0 spiro atoms. The fourth-order valence-electron chi connectivity index (χ4n) is 4.39. The maximum atomic E-state index is 12.7. The van der Waals surface area contributed by atoms with E-state index in [1.54, 1.807) is 13.4 Å². The lowest BCUT2D eigenvalue weighted by Gasteiger charge is -2.30. The van der Waals surface area contributed by atoms with Gasteiger partial charge in [-0.15, -0.1) is 0 Å². The van der Waals surface area contributed by atoms with Gasteiger partial charge in [-0.05, 0) is 48.9 Å². The van der Waals surface area contributed by atoms with Crippen LogP contribution in [0.2, 0.25) is 0 Å². The number of carbonyl (C=O) groups is 1. The molecule has 3 aromatic rings. The minimum Gasteiger partial charge on any atom is -0.497 e. The summed E-state index contributed by atoms with van der Waals surface area (Å²) in [4.78, 5) is 17.1. The van der Waals surface area contributed by atoms with Gasteiger partial charge < -0.3 is 15.2 Å². The zero-order chi connectivity index (χ0) is 22.1. The van der Waals surface area contributed by atoms with Crippen molar-refractivity contribution < 1.29 is 14.6 Å². The van der Waals surface area contributed by atoms with Crippen LogP contribution >= 0.6 is 0 Å². The van der Waals surface area contributed by atoms with E-state index in [9.17, 15) is 9.90 Å². The van der Waals surface area contributed by atoms with Gasteiger partial charge >= 0.3 is 0 Å². The van der Waals surface area contributed by atoms with Gasteiger partial charge in [0.15, 0.2) is 11.6 Å². The molecule has 0 amide bonds. The molecule has 166 valence electrons. The van der Waals surface area contributed by atoms with Crippen LogP contribution in [0.25, 0.3) is 11.4 Å². The van der Waals surface area contributed by atoms with Crippen LogP contribution in [0.1, 0.15) is 53.2 Å². The van der Waals surface area contributed by atoms with Gasteiger partial charge in [0, 0.05) is 30.1 Å². The number of aliphatic hydroxyl groups excluding tert-OH is 1. The summed E-state index contributed by atoms with van der Waals surface area (Å²) >= 11 is 0. The second-order valence-electron chi connectivity index (χ2n) is 8.69. The lowest BCUT2D eigenvalue weighted by atomic mass is 9.90. The number of benzene rings is 2. The van der Waals surface area contributed by atoms with Gasteiger partial charge in [0.1, 0.15) is 12.1 Å². The molecule has 2 heterocycles. The second-order valence-corrected chi connectivity index (χ2v) is 8.69. The number of nitrogens with zero attached hydrogens (tertiary/aromatic N) is 3. The number of hydrogen-bond donors (Lipinski definition) is 2. The predicted molar refractivity (Wildman–Crippen MR) is 121 cm³/mol. The Bertz CT molecular complexity index is 1100. The summed E-state index contributed by atoms with van der Waals surface area (Å²) in [7, 11) is 1.66. The standard InChI is InChI=1S/C25H28N4O3/c1-32-21-9-6-18-13-22(26-14-19(18)12-21)24(31)11-10-23(30)16-2-4-17(5-3-16)25-27-15-28-29(25)20-7-8-20/h2-6,9,12,15,20,22,24,26,31H,7-8,10-11,13-14H2,1H3/t22-,24+/m0/s1. The first-order chi connectivity index (χ1) is 15.6. The molecule has 0 saturated heterocycles. The fourth-order valence-corrected chi connectivity index (χ4v) is 4.39. The number of fused-ring (bicyclic) bond motifs is 1. The number of Topliss-reactive ketones (excluding diaryl/α,β-unsaturated/α-hetero) is 1. The van der Waals surface area contributed by atoms with Crippen molar-refractivity contribution in [1.82, 2.24) is 20.1 Å². The Kier molecular flexibility index (Phi) is 5.76. The molecule has 0 radical (unpaired) electrons. The second kappa shape index (κ2) is 8.84.